The lowest BCUT2D eigenvalue weighted by atomic mass is 9.85. The Morgan fingerprint density at radius 2 is 1.56 bits per heavy atom. The summed E-state index contributed by atoms with van der Waals surface area (Å²) in [6.07, 6.45) is 12.8. The Hall–Kier alpha value is -0.240. The highest BCUT2D eigenvalue weighted by atomic mass is 16.7. The zero-order chi connectivity index (χ0) is 18.6. The van der Waals surface area contributed by atoms with Gasteiger partial charge in [0.05, 0.1) is 6.61 Å². The second-order valence-corrected chi connectivity index (χ2v) is 7.12. The van der Waals surface area contributed by atoms with Crippen molar-refractivity contribution in [2.24, 2.45) is 5.73 Å². The predicted octanol–water partition coefficient (Wildman–Crippen LogP) is 3.49. The number of hydroxylamine groups is 1. The molecule has 3 N–H and O–H groups in total. The fourth-order valence-electron chi connectivity index (χ4n) is 3.65. The summed E-state index contributed by atoms with van der Waals surface area (Å²) in [5.74, 6) is -0.778. The van der Waals surface area contributed by atoms with Crippen molar-refractivity contribution in [1.29, 1.82) is 0 Å². The molecule has 0 aromatic rings. The maximum absolute atomic E-state index is 6.09. The van der Waals surface area contributed by atoms with Gasteiger partial charge in [0.15, 0.2) is 5.72 Å². The Balaban J connectivity index is 0.000000251. The van der Waals surface area contributed by atoms with Crippen LogP contribution < -0.4 is 11.2 Å². The van der Waals surface area contributed by atoms with E-state index >= 15 is 0 Å². The molecule has 0 aromatic carbocycles. The van der Waals surface area contributed by atoms with Gasteiger partial charge in [-0.05, 0) is 38.5 Å². The summed E-state index contributed by atoms with van der Waals surface area (Å²) in [5, 5.41) is 0. The molecule has 6 heteroatoms. The number of nitrogens with two attached hydrogens (primary N) is 1. The van der Waals surface area contributed by atoms with E-state index in [1.54, 1.807) is 21.3 Å². The number of nitrogens with one attached hydrogen (secondary N) is 1. The third-order valence-electron chi connectivity index (χ3n) is 5.43. The van der Waals surface area contributed by atoms with E-state index in [4.69, 9.17) is 24.8 Å². The molecule has 0 spiro atoms. The Morgan fingerprint density at radius 1 is 0.920 bits per heavy atom. The molecule has 150 valence electrons. The first-order valence-electron chi connectivity index (χ1n) is 9.89. The molecule has 0 aromatic heterocycles. The number of hydrogen-bond acceptors (Lipinski definition) is 6. The highest BCUT2D eigenvalue weighted by Gasteiger charge is 2.52. The van der Waals surface area contributed by atoms with Gasteiger partial charge in [-0.25, -0.2) is 0 Å². The molecule has 2 fully saturated rings. The molecular weight excluding hydrogens is 320 g/mol. The van der Waals surface area contributed by atoms with Crippen molar-refractivity contribution in [2.75, 3.05) is 27.9 Å². The molecule has 0 saturated heterocycles. The van der Waals surface area contributed by atoms with Crippen LogP contribution in [0, 0.1) is 0 Å². The van der Waals surface area contributed by atoms with Gasteiger partial charge in [0.25, 0.3) is 0 Å². The van der Waals surface area contributed by atoms with Crippen molar-refractivity contribution in [2.45, 2.75) is 95.1 Å². The van der Waals surface area contributed by atoms with E-state index in [2.05, 4.69) is 12.4 Å². The van der Waals surface area contributed by atoms with Crippen molar-refractivity contribution >= 4 is 0 Å². The molecule has 25 heavy (non-hydrogen) atoms. The first-order chi connectivity index (χ1) is 12.1. The number of rotatable bonds is 8. The summed E-state index contributed by atoms with van der Waals surface area (Å²) in [6, 6.07) is 0.635. The number of ether oxygens (including phenoxy) is 3. The van der Waals surface area contributed by atoms with E-state index in [0.717, 1.165) is 32.3 Å². The molecule has 6 nitrogen and oxygen atoms in total. The highest BCUT2D eigenvalue weighted by Crippen LogP contribution is 2.39. The fourth-order valence-corrected chi connectivity index (χ4v) is 3.65. The zero-order valence-corrected chi connectivity index (χ0v) is 16.8. The lowest BCUT2D eigenvalue weighted by Crippen LogP contribution is -2.65. The van der Waals surface area contributed by atoms with E-state index in [0.29, 0.717) is 6.04 Å². The summed E-state index contributed by atoms with van der Waals surface area (Å²) in [7, 11) is 4.81. The molecule has 1 atom stereocenters. The van der Waals surface area contributed by atoms with Crippen LogP contribution in [-0.2, 0) is 19.0 Å². The summed E-state index contributed by atoms with van der Waals surface area (Å²) < 4.78 is 16.0. The van der Waals surface area contributed by atoms with Gasteiger partial charge in [-0.3, -0.25) is 5.73 Å². The molecule has 0 bridgehead atoms. The maximum atomic E-state index is 6.09. The Labute approximate surface area is 154 Å². The Kier molecular flexibility index (Phi) is 11.1. The zero-order valence-electron chi connectivity index (χ0n) is 16.8. The molecule has 1 unspecified atom stereocenters. The van der Waals surface area contributed by atoms with Gasteiger partial charge in [-0.2, -0.15) is 5.48 Å². The first-order valence-corrected chi connectivity index (χ1v) is 9.89. The minimum absolute atomic E-state index is 0.635. The van der Waals surface area contributed by atoms with Crippen molar-refractivity contribution in [3.8, 4) is 0 Å². The van der Waals surface area contributed by atoms with Gasteiger partial charge in [-0.15, -0.1) is 0 Å². The molecule has 2 saturated carbocycles. The Bertz CT molecular complexity index is 333. The lowest BCUT2D eigenvalue weighted by Gasteiger charge is -2.47. The number of unbranched alkanes of at least 4 members (excludes halogenated alkanes) is 1. The minimum Gasteiger partial charge on any atom is -0.358 e. The third kappa shape index (κ3) is 6.77. The van der Waals surface area contributed by atoms with E-state index in [-0.39, 0.29) is 0 Å². The van der Waals surface area contributed by atoms with Crippen LogP contribution in [0.2, 0.25) is 0 Å². The summed E-state index contributed by atoms with van der Waals surface area (Å²) >= 11 is 0. The monoisotopic (exact) mass is 360 g/mol. The molecule has 0 radical (unpaired) electrons. The normalized spacial score (nSPS) is 26.8. The van der Waals surface area contributed by atoms with Crippen LogP contribution >= 0.6 is 0 Å². The molecule has 2 aliphatic carbocycles. The molecule has 0 amide bonds. The van der Waals surface area contributed by atoms with E-state index in [1.807, 2.05) is 0 Å². The molecule has 0 heterocycles. The van der Waals surface area contributed by atoms with Crippen molar-refractivity contribution in [1.82, 2.24) is 5.48 Å². The highest BCUT2D eigenvalue weighted by molar-refractivity contribution is 4.94. The topological polar surface area (TPSA) is 75.0 Å². The van der Waals surface area contributed by atoms with Crippen molar-refractivity contribution < 1.29 is 19.0 Å². The van der Waals surface area contributed by atoms with Crippen LogP contribution in [0.25, 0.3) is 0 Å². The summed E-state index contributed by atoms with van der Waals surface area (Å²) in [6.45, 7) is 3.05. The van der Waals surface area contributed by atoms with Crippen molar-refractivity contribution in [3.63, 3.8) is 0 Å². The van der Waals surface area contributed by atoms with Gasteiger partial charge in [-0.1, -0.05) is 32.6 Å². The standard InChI is InChI=1S/C10H21NO.C9H19NO3/c1-2-3-9-12-11-10-7-5-4-6-8-10;1-11-8(10)6-4-5-7-9(8,12-2)13-3/h10-11H,2-9H2,1H3;4-7,10H2,1-3H3. The Morgan fingerprint density at radius 3 is 2.08 bits per heavy atom. The molecule has 0 aliphatic heterocycles. The van der Waals surface area contributed by atoms with Gasteiger partial charge in [0.1, 0.15) is 0 Å². The molecular formula is C19H40N2O4. The van der Waals surface area contributed by atoms with Crippen LogP contribution in [0.15, 0.2) is 0 Å². The van der Waals surface area contributed by atoms with Gasteiger partial charge in [0.2, 0.25) is 5.79 Å². The average molecular weight is 361 g/mol. The largest absolute Gasteiger partial charge is 0.358 e. The minimum atomic E-state index is -0.811. The van der Waals surface area contributed by atoms with Crippen molar-refractivity contribution in [3.05, 3.63) is 0 Å². The van der Waals surface area contributed by atoms with Crippen LogP contribution in [0.5, 0.6) is 0 Å². The first kappa shape index (κ1) is 22.8. The maximum Gasteiger partial charge on any atom is 0.210 e. The van der Waals surface area contributed by atoms with Crippen LogP contribution in [-0.4, -0.2) is 45.5 Å². The van der Waals surface area contributed by atoms with Gasteiger partial charge >= 0.3 is 0 Å². The third-order valence-corrected chi connectivity index (χ3v) is 5.43. The fraction of sp³-hybridized carbons (Fsp3) is 1.00. The second-order valence-electron chi connectivity index (χ2n) is 7.12. The lowest BCUT2D eigenvalue weighted by molar-refractivity contribution is -0.321. The SMILES string of the molecule is CCCCONC1CCCCC1.COC1(N)CCCCC1(OC)OC. The average Bonchev–Trinajstić information content (AvgIpc) is 2.67. The van der Waals surface area contributed by atoms with E-state index < -0.39 is 11.5 Å². The van der Waals surface area contributed by atoms with Gasteiger partial charge in [0, 0.05) is 33.8 Å². The summed E-state index contributed by atoms with van der Waals surface area (Å²) in [4.78, 5) is 5.36. The number of methoxy groups -OCH3 is 3. The van der Waals surface area contributed by atoms with Crippen LogP contribution in [0.1, 0.15) is 77.6 Å². The smallest absolute Gasteiger partial charge is 0.210 e. The van der Waals surface area contributed by atoms with Crippen LogP contribution in [0.3, 0.4) is 0 Å². The molecule has 2 rings (SSSR count). The number of hydrogen-bond donors (Lipinski definition) is 2. The molecule has 2 aliphatic rings. The van der Waals surface area contributed by atoms with Crippen LogP contribution in [0.4, 0.5) is 0 Å². The van der Waals surface area contributed by atoms with Gasteiger partial charge < -0.3 is 19.0 Å². The summed E-state index contributed by atoms with van der Waals surface area (Å²) in [5.41, 5.74) is 8.43. The predicted molar refractivity (Wildman–Crippen MR) is 100 cm³/mol. The second kappa shape index (κ2) is 12.2. The van der Waals surface area contributed by atoms with E-state index in [9.17, 15) is 0 Å². The van der Waals surface area contributed by atoms with E-state index in [1.165, 1.54) is 44.9 Å². The quantitative estimate of drug-likeness (QED) is 0.392.